The van der Waals surface area contributed by atoms with Crippen LogP contribution in [0.1, 0.15) is 24.8 Å². The number of rotatable bonds is 6. The molecule has 0 spiro atoms. The highest BCUT2D eigenvalue weighted by atomic mass is 16.6. The lowest BCUT2D eigenvalue weighted by Crippen LogP contribution is -2.19. The minimum Gasteiger partial charge on any atom is -0.493 e. The Kier molecular flexibility index (Phi) is 4.21. The second-order valence-electron chi connectivity index (χ2n) is 4.70. The molecule has 0 heterocycles. The molecule has 1 aromatic rings. The first-order valence-electron chi connectivity index (χ1n) is 6.34. The van der Waals surface area contributed by atoms with Crippen LogP contribution in [0.2, 0.25) is 0 Å². The zero-order chi connectivity index (χ0) is 13.8. The van der Waals surface area contributed by atoms with Gasteiger partial charge in [0.15, 0.2) is 11.5 Å². The standard InChI is InChI=1S/C13H18N2O4/c1-18-12-5-10(7-14)11(15(16)17)6-13(12)19-8-9-3-2-4-9/h5-6,9H,2-4,7-8,14H2,1H3. The molecule has 1 aromatic carbocycles. The third-order valence-corrected chi connectivity index (χ3v) is 3.48. The fourth-order valence-corrected chi connectivity index (χ4v) is 2.06. The van der Waals surface area contributed by atoms with Crippen molar-refractivity contribution in [3.8, 4) is 11.5 Å². The number of ether oxygens (including phenoxy) is 2. The number of methoxy groups -OCH3 is 1. The van der Waals surface area contributed by atoms with E-state index in [1.165, 1.54) is 19.6 Å². The third kappa shape index (κ3) is 2.96. The molecule has 0 aromatic heterocycles. The Morgan fingerprint density at radius 2 is 2.16 bits per heavy atom. The molecule has 6 nitrogen and oxygen atoms in total. The van der Waals surface area contributed by atoms with E-state index in [2.05, 4.69) is 0 Å². The van der Waals surface area contributed by atoms with E-state index in [1.807, 2.05) is 0 Å². The van der Waals surface area contributed by atoms with Gasteiger partial charge in [0.05, 0.1) is 24.7 Å². The van der Waals surface area contributed by atoms with Gasteiger partial charge in [0.2, 0.25) is 0 Å². The smallest absolute Gasteiger partial charge is 0.277 e. The molecule has 0 bridgehead atoms. The van der Waals surface area contributed by atoms with E-state index in [0.717, 1.165) is 12.8 Å². The van der Waals surface area contributed by atoms with Crippen molar-refractivity contribution < 1.29 is 14.4 Å². The third-order valence-electron chi connectivity index (χ3n) is 3.48. The van der Waals surface area contributed by atoms with E-state index in [9.17, 15) is 10.1 Å². The van der Waals surface area contributed by atoms with Gasteiger partial charge in [-0.3, -0.25) is 10.1 Å². The van der Waals surface area contributed by atoms with Gasteiger partial charge < -0.3 is 15.2 Å². The Morgan fingerprint density at radius 1 is 1.42 bits per heavy atom. The van der Waals surface area contributed by atoms with Crippen LogP contribution < -0.4 is 15.2 Å². The number of hydrogen-bond acceptors (Lipinski definition) is 5. The first-order valence-corrected chi connectivity index (χ1v) is 6.34. The molecule has 1 aliphatic carbocycles. The molecule has 0 amide bonds. The van der Waals surface area contributed by atoms with E-state index in [-0.39, 0.29) is 12.2 Å². The minimum absolute atomic E-state index is 0.0214. The monoisotopic (exact) mass is 266 g/mol. The van der Waals surface area contributed by atoms with Crippen molar-refractivity contribution in [2.75, 3.05) is 13.7 Å². The molecule has 19 heavy (non-hydrogen) atoms. The van der Waals surface area contributed by atoms with Gasteiger partial charge in [0.1, 0.15) is 0 Å². The molecule has 1 fully saturated rings. The summed E-state index contributed by atoms with van der Waals surface area (Å²) in [6.45, 7) is 0.672. The SMILES string of the molecule is COc1cc(CN)c([N+](=O)[O-])cc1OCC1CCC1. The van der Waals surface area contributed by atoms with E-state index in [0.29, 0.717) is 29.6 Å². The topological polar surface area (TPSA) is 87.6 Å². The maximum absolute atomic E-state index is 11.0. The van der Waals surface area contributed by atoms with Crippen LogP contribution in [0.5, 0.6) is 11.5 Å². The highest BCUT2D eigenvalue weighted by Gasteiger charge is 2.22. The van der Waals surface area contributed by atoms with Gasteiger partial charge in [-0.25, -0.2) is 0 Å². The molecular weight excluding hydrogens is 248 g/mol. The van der Waals surface area contributed by atoms with Crippen LogP contribution in [0, 0.1) is 16.0 Å². The first kappa shape index (κ1) is 13.6. The summed E-state index contributed by atoms with van der Waals surface area (Å²) in [5.74, 6) is 1.46. The molecule has 0 aliphatic heterocycles. The summed E-state index contributed by atoms with van der Waals surface area (Å²) in [6, 6.07) is 2.98. The van der Waals surface area contributed by atoms with Crippen LogP contribution in [0.15, 0.2) is 12.1 Å². The van der Waals surface area contributed by atoms with Crippen molar-refractivity contribution in [2.24, 2.45) is 11.7 Å². The van der Waals surface area contributed by atoms with Crippen LogP contribution in [0.3, 0.4) is 0 Å². The molecule has 1 aliphatic rings. The second-order valence-corrected chi connectivity index (χ2v) is 4.70. The Balaban J connectivity index is 2.23. The Labute approximate surface area is 111 Å². The zero-order valence-corrected chi connectivity index (χ0v) is 10.9. The molecular formula is C13H18N2O4. The van der Waals surface area contributed by atoms with Crippen LogP contribution in [0.25, 0.3) is 0 Å². The lowest BCUT2D eigenvalue weighted by atomic mass is 9.86. The number of nitrogens with zero attached hydrogens (tertiary/aromatic N) is 1. The minimum atomic E-state index is -0.447. The Morgan fingerprint density at radius 3 is 2.63 bits per heavy atom. The molecule has 6 heteroatoms. The fourth-order valence-electron chi connectivity index (χ4n) is 2.06. The highest BCUT2D eigenvalue weighted by molar-refractivity contribution is 5.54. The number of benzene rings is 1. The summed E-state index contributed by atoms with van der Waals surface area (Å²) in [6.07, 6.45) is 3.55. The Hall–Kier alpha value is -1.82. The summed E-state index contributed by atoms with van der Waals surface area (Å²) >= 11 is 0. The summed E-state index contributed by atoms with van der Waals surface area (Å²) in [5, 5.41) is 11.0. The second kappa shape index (κ2) is 5.88. The van der Waals surface area contributed by atoms with Gasteiger partial charge in [-0.2, -0.15) is 0 Å². The van der Waals surface area contributed by atoms with Crippen molar-refractivity contribution in [3.05, 3.63) is 27.8 Å². The normalized spacial score (nSPS) is 14.8. The molecule has 0 atom stereocenters. The lowest BCUT2D eigenvalue weighted by molar-refractivity contribution is -0.385. The quantitative estimate of drug-likeness (QED) is 0.630. The molecule has 1 saturated carbocycles. The predicted molar refractivity (Wildman–Crippen MR) is 70.4 cm³/mol. The van der Waals surface area contributed by atoms with Crippen molar-refractivity contribution in [2.45, 2.75) is 25.8 Å². The molecule has 104 valence electrons. The van der Waals surface area contributed by atoms with Crippen molar-refractivity contribution in [1.29, 1.82) is 0 Å². The van der Waals surface area contributed by atoms with Crippen molar-refractivity contribution in [3.63, 3.8) is 0 Å². The lowest BCUT2D eigenvalue weighted by Gasteiger charge is -2.25. The fraction of sp³-hybridized carbons (Fsp3) is 0.538. The maximum Gasteiger partial charge on any atom is 0.277 e. The average molecular weight is 266 g/mol. The first-order chi connectivity index (χ1) is 9.15. The van der Waals surface area contributed by atoms with Gasteiger partial charge in [0.25, 0.3) is 5.69 Å². The van der Waals surface area contributed by atoms with Gasteiger partial charge >= 0.3 is 0 Å². The van der Waals surface area contributed by atoms with Gasteiger partial charge in [-0.1, -0.05) is 6.42 Å². The number of nitro benzene ring substituents is 1. The van der Waals surface area contributed by atoms with E-state index in [1.54, 1.807) is 6.07 Å². The van der Waals surface area contributed by atoms with Crippen LogP contribution in [-0.2, 0) is 6.54 Å². The molecule has 2 N–H and O–H groups in total. The summed E-state index contributed by atoms with van der Waals surface area (Å²) in [5.41, 5.74) is 5.94. The van der Waals surface area contributed by atoms with Crippen LogP contribution >= 0.6 is 0 Å². The highest BCUT2D eigenvalue weighted by Crippen LogP contribution is 2.36. The van der Waals surface area contributed by atoms with E-state index >= 15 is 0 Å². The predicted octanol–water partition coefficient (Wildman–Crippen LogP) is 2.24. The van der Waals surface area contributed by atoms with Gasteiger partial charge in [-0.15, -0.1) is 0 Å². The van der Waals surface area contributed by atoms with Crippen LogP contribution in [0.4, 0.5) is 5.69 Å². The summed E-state index contributed by atoms with van der Waals surface area (Å²) in [4.78, 5) is 10.5. The van der Waals surface area contributed by atoms with Gasteiger partial charge in [-0.05, 0) is 24.8 Å². The van der Waals surface area contributed by atoms with E-state index < -0.39 is 4.92 Å². The largest absolute Gasteiger partial charge is 0.493 e. The van der Waals surface area contributed by atoms with Crippen LogP contribution in [-0.4, -0.2) is 18.6 Å². The molecule has 0 radical (unpaired) electrons. The number of nitro groups is 1. The molecule has 2 rings (SSSR count). The zero-order valence-electron chi connectivity index (χ0n) is 10.9. The Bertz CT molecular complexity index is 472. The molecule has 0 saturated heterocycles. The summed E-state index contributed by atoms with van der Waals surface area (Å²) < 4.78 is 10.9. The van der Waals surface area contributed by atoms with Crippen molar-refractivity contribution in [1.82, 2.24) is 0 Å². The average Bonchev–Trinajstić information content (AvgIpc) is 2.36. The number of nitrogens with two attached hydrogens (primary N) is 1. The number of hydrogen-bond donors (Lipinski definition) is 1. The maximum atomic E-state index is 11.0. The van der Waals surface area contributed by atoms with E-state index in [4.69, 9.17) is 15.2 Å². The van der Waals surface area contributed by atoms with Crippen molar-refractivity contribution >= 4 is 5.69 Å². The molecule has 0 unspecified atom stereocenters. The summed E-state index contributed by atoms with van der Waals surface area (Å²) in [7, 11) is 1.51. The van der Waals surface area contributed by atoms with Gasteiger partial charge in [0, 0.05) is 12.1 Å².